The van der Waals surface area contributed by atoms with Crippen LogP contribution in [-0.4, -0.2) is 44.2 Å². The fourth-order valence-electron chi connectivity index (χ4n) is 5.25. The molecule has 182 valence electrons. The molecule has 0 unspecified atom stereocenters. The first-order valence-electron chi connectivity index (χ1n) is 12.1. The third-order valence-corrected chi connectivity index (χ3v) is 9.16. The van der Waals surface area contributed by atoms with Crippen LogP contribution in [0.2, 0.25) is 0 Å². The highest BCUT2D eigenvalue weighted by atomic mass is 32.2. The van der Waals surface area contributed by atoms with E-state index in [1.165, 1.54) is 16.4 Å². The van der Waals surface area contributed by atoms with Crippen LogP contribution in [0.4, 0.5) is 11.4 Å². The molecule has 0 aromatic heterocycles. The van der Waals surface area contributed by atoms with Gasteiger partial charge in [0.05, 0.1) is 10.6 Å². The zero-order valence-corrected chi connectivity index (χ0v) is 20.8. The zero-order valence-electron chi connectivity index (χ0n) is 20.0. The van der Waals surface area contributed by atoms with Crippen LogP contribution < -0.4 is 10.2 Å². The molecule has 1 saturated carbocycles. The number of anilines is 2. The van der Waals surface area contributed by atoms with Gasteiger partial charge in [0.15, 0.2) is 0 Å². The number of nitrogens with zero attached hydrogens (tertiary/aromatic N) is 2. The Morgan fingerprint density at radius 1 is 1.03 bits per heavy atom. The number of sulfonamides is 1. The van der Waals surface area contributed by atoms with Crippen molar-refractivity contribution in [1.82, 2.24) is 4.31 Å². The third kappa shape index (κ3) is 4.00. The number of carbonyl (C=O) groups is 2. The molecule has 35 heavy (non-hydrogen) atoms. The van der Waals surface area contributed by atoms with Crippen LogP contribution in [0, 0.1) is 0 Å². The highest BCUT2D eigenvalue weighted by Gasteiger charge is 2.30. The third-order valence-electron chi connectivity index (χ3n) is 7.23. The molecule has 0 radical (unpaired) electrons. The van der Waals surface area contributed by atoms with Gasteiger partial charge in [-0.2, -0.15) is 4.31 Å². The monoisotopic (exact) mass is 491 g/mol. The second-order valence-electron chi connectivity index (χ2n) is 9.20. The van der Waals surface area contributed by atoms with E-state index in [0.717, 1.165) is 48.6 Å². The molecule has 1 N–H and O–H groups in total. The Morgan fingerprint density at radius 3 is 2.43 bits per heavy atom. The molecule has 0 atom stereocenters. The molecule has 1 fully saturated rings. The maximum atomic E-state index is 13.1. The fraction of sp³-hybridized carbons (Fsp3) is 0.333. The summed E-state index contributed by atoms with van der Waals surface area (Å²) >= 11 is 0. The average Bonchev–Trinajstić information content (AvgIpc) is 3.17. The van der Waals surface area contributed by atoms with Crippen molar-refractivity contribution in [1.29, 1.82) is 0 Å². The summed E-state index contributed by atoms with van der Waals surface area (Å²) in [4.78, 5) is 27.6. The summed E-state index contributed by atoms with van der Waals surface area (Å²) in [5, 5.41) is 4.57. The molecule has 8 heteroatoms. The molecule has 3 aromatic rings. The van der Waals surface area contributed by atoms with Gasteiger partial charge in [0, 0.05) is 47.2 Å². The standard InChI is InChI=1S/C27H29N3O4S/c1-3-30-24-17-16-23(21-10-7-11-22(25(21)24)27(30)32)28-26(31)18-12-14-20(15-13-18)35(33,34)29(2)19-8-5-4-6-9-19/h7,10-17,19H,3-6,8-9H2,1-2H3,(H,28,31). The minimum atomic E-state index is -3.62. The Bertz CT molecular complexity index is 1410. The summed E-state index contributed by atoms with van der Waals surface area (Å²) in [5.41, 5.74) is 2.44. The van der Waals surface area contributed by atoms with Gasteiger partial charge >= 0.3 is 0 Å². The molecule has 0 saturated heterocycles. The molecule has 1 aliphatic heterocycles. The topological polar surface area (TPSA) is 86.8 Å². The summed E-state index contributed by atoms with van der Waals surface area (Å²) in [6.45, 7) is 2.50. The SMILES string of the molecule is CCN1C(=O)c2cccc3c(NC(=O)c4ccc(S(=O)(=O)N(C)C5CCCCC5)cc4)ccc1c23. The summed E-state index contributed by atoms with van der Waals surface area (Å²) in [5.74, 6) is -0.376. The van der Waals surface area contributed by atoms with Crippen molar-refractivity contribution in [2.45, 2.75) is 50.0 Å². The minimum absolute atomic E-state index is 0.0241. The van der Waals surface area contributed by atoms with E-state index >= 15 is 0 Å². The largest absolute Gasteiger partial charge is 0.321 e. The Morgan fingerprint density at radius 2 is 1.74 bits per heavy atom. The van der Waals surface area contributed by atoms with Crippen molar-refractivity contribution >= 4 is 44.0 Å². The Hall–Kier alpha value is -3.23. The Labute approximate surface area is 205 Å². The van der Waals surface area contributed by atoms with E-state index in [0.29, 0.717) is 23.4 Å². The molecule has 5 rings (SSSR count). The second kappa shape index (κ2) is 9.09. The van der Waals surface area contributed by atoms with Gasteiger partial charge in [-0.3, -0.25) is 9.59 Å². The quantitative estimate of drug-likeness (QED) is 0.524. The van der Waals surface area contributed by atoms with Crippen molar-refractivity contribution in [3.05, 3.63) is 65.7 Å². The predicted octanol–water partition coefficient (Wildman–Crippen LogP) is 5.03. The first-order valence-corrected chi connectivity index (χ1v) is 13.5. The molecule has 1 heterocycles. The number of hydrogen-bond acceptors (Lipinski definition) is 4. The Balaban J connectivity index is 1.38. The lowest BCUT2D eigenvalue weighted by Gasteiger charge is -2.30. The van der Waals surface area contributed by atoms with E-state index in [1.54, 1.807) is 36.2 Å². The molecule has 2 aliphatic rings. The fourth-order valence-corrected chi connectivity index (χ4v) is 6.66. The zero-order chi connectivity index (χ0) is 24.7. The van der Waals surface area contributed by atoms with Gasteiger partial charge in [-0.1, -0.05) is 31.4 Å². The van der Waals surface area contributed by atoms with Crippen LogP contribution in [0.15, 0.2) is 59.5 Å². The minimum Gasteiger partial charge on any atom is -0.321 e. The van der Waals surface area contributed by atoms with Crippen LogP contribution in [-0.2, 0) is 10.0 Å². The van der Waals surface area contributed by atoms with Crippen LogP contribution in [0.5, 0.6) is 0 Å². The van der Waals surface area contributed by atoms with Gasteiger partial charge < -0.3 is 10.2 Å². The maximum absolute atomic E-state index is 13.1. The number of nitrogens with one attached hydrogen (secondary N) is 1. The van der Waals surface area contributed by atoms with Gasteiger partial charge in [-0.15, -0.1) is 0 Å². The molecule has 1 aliphatic carbocycles. The summed E-state index contributed by atoms with van der Waals surface area (Å²) in [7, 11) is -1.97. The van der Waals surface area contributed by atoms with Gasteiger partial charge in [0.2, 0.25) is 10.0 Å². The molecule has 3 aromatic carbocycles. The number of carbonyl (C=O) groups excluding carboxylic acids is 2. The van der Waals surface area contributed by atoms with Gasteiger partial charge in [-0.05, 0) is 62.2 Å². The van der Waals surface area contributed by atoms with Gasteiger partial charge in [-0.25, -0.2) is 8.42 Å². The molecule has 7 nitrogen and oxygen atoms in total. The molecule has 0 bridgehead atoms. The van der Waals surface area contributed by atoms with Crippen molar-refractivity contribution in [2.24, 2.45) is 0 Å². The highest BCUT2D eigenvalue weighted by Crippen LogP contribution is 2.40. The summed E-state index contributed by atoms with van der Waals surface area (Å²) in [6, 6.07) is 15.3. The number of benzene rings is 3. The van der Waals surface area contributed by atoms with Crippen LogP contribution >= 0.6 is 0 Å². The molecular weight excluding hydrogens is 462 g/mol. The lowest BCUT2D eigenvalue weighted by Crippen LogP contribution is -2.38. The average molecular weight is 492 g/mol. The number of rotatable bonds is 6. The normalized spacial score (nSPS) is 16.3. The first-order chi connectivity index (χ1) is 16.8. The van der Waals surface area contributed by atoms with E-state index in [9.17, 15) is 18.0 Å². The lowest BCUT2D eigenvalue weighted by atomic mass is 9.96. The van der Waals surface area contributed by atoms with E-state index in [2.05, 4.69) is 5.32 Å². The smallest absolute Gasteiger partial charge is 0.258 e. The summed E-state index contributed by atoms with van der Waals surface area (Å²) in [6.07, 6.45) is 5.01. The van der Waals surface area contributed by atoms with E-state index in [4.69, 9.17) is 0 Å². The first kappa shape index (κ1) is 23.5. The predicted molar refractivity (Wildman–Crippen MR) is 138 cm³/mol. The molecule has 0 spiro atoms. The van der Waals surface area contributed by atoms with Gasteiger partial charge in [0.1, 0.15) is 0 Å². The lowest BCUT2D eigenvalue weighted by molar-refractivity contribution is 0.0992. The molecule has 2 amide bonds. The van der Waals surface area contributed by atoms with E-state index in [-0.39, 0.29) is 22.8 Å². The molecular formula is C27H29N3O4S. The van der Waals surface area contributed by atoms with E-state index < -0.39 is 10.0 Å². The van der Waals surface area contributed by atoms with Gasteiger partial charge in [0.25, 0.3) is 11.8 Å². The van der Waals surface area contributed by atoms with Crippen LogP contribution in [0.25, 0.3) is 10.8 Å². The van der Waals surface area contributed by atoms with Crippen molar-refractivity contribution in [3.8, 4) is 0 Å². The van der Waals surface area contributed by atoms with Crippen molar-refractivity contribution in [2.75, 3.05) is 23.8 Å². The van der Waals surface area contributed by atoms with Crippen LogP contribution in [0.3, 0.4) is 0 Å². The maximum Gasteiger partial charge on any atom is 0.258 e. The van der Waals surface area contributed by atoms with Crippen LogP contribution in [0.1, 0.15) is 59.7 Å². The number of hydrogen-bond donors (Lipinski definition) is 1. The second-order valence-corrected chi connectivity index (χ2v) is 11.2. The Kier molecular flexibility index (Phi) is 6.11. The van der Waals surface area contributed by atoms with E-state index in [1.807, 2.05) is 25.1 Å². The van der Waals surface area contributed by atoms with Crippen molar-refractivity contribution < 1.29 is 18.0 Å². The summed E-state index contributed by atoms with van der Waals surface area (Å²) < 4.78 is 27.7. The van der Waals surface area contributed by atoms with Crippen molar-refractivity contribution in [3.63, 3.8) is 0 Å². The number of amides is 2. The highest BCUT2D eigenvalue weighted by molar-refractivity contribution is 7.89.